The lowest BCUT2D eigenvalue weighted by molar-refractivity contribution is -0.122. The Morgan fingerprint density at radius 2 is 2.00 bits per heavy atom. The predicted octanol–water partition coefficient (Wildman–Crippen LogP) is 2.19. The molecule has 4 rings (SSSR count). The Bertz CT molecular complexity index is 861. The second-order valence-corrected chi connectivity index (χ2v) is 7.88. The molecule has 0 saturated heterocycles. The van der Waals surface area contributed by atoms with E-state index in [1.54, 1.807) is 19.0 Å². The second-order valence-electron chi connectivity index (χ2n) is 7.88. The molecular weight excluding hydrogens is 354 g/mol. The summed E-state index contributed by atoms with van der Waals surface area (Å²) in [7, 11) is 3.54. The number of amides is 3. The zero-order valence-corrected chi connectivity index (χ0v) is 16.5. The summed E-state index contributed by atoms with van der Waals surface area (Å²) in [5.41, 5.74) is 3.10. The fraction of sp³-hybridized carbons (Fsp3) is 0.476. The van der Waals surface area contributed by atoms with Crippen molar-refractivity contribution < 1.29 is 9.59 Å². The number of hydrogen-bond donors (Lipinski definition) is 1. The molecule has 0 bridgehead atoms. The van der Waals surface area contributed by atoms with Crippen LogP contribution in [0.5, 0.6) is 0 Å². The molecule has 7 heteroatoms. The molecule has 2 aromatic rings. The first-order valence-electron chi connectivity index (χ1n) is 9.87. The number of aromatic nitrogens is 2. The average molecular weight is 381 g/mol. The standard InChI is InChI=1S/C21H27N5O2/c1-24(2)21(28)25-9-6-10-26-17(14-25)11-16(23-26)13-22-20(27)19-12-18(19)15-7-4-3-5-8-15/h3-5,7-8,11,18-19H,6,9-10,12-14H2,1-2H3,(H,22,27)/t18-,19+/m0/s1. The minimum absolute atomic E-state index is 0.0187. The fourth-order valence-corrected chi connectivity index (χ4v) is 3.92. The molecule has 1 aliphatic heterocycles. The Morgan fingerprint density at radius 3 is 2.75 bits per heavy atom. The Hall–Kier alpha value is -2.83. The van der Waals surface area contributed by atoms with Crippen LogP contribution in [0.3, 0.4) is 0 Å². The van der Waals surface area contributed by atoms with Crippen molar-refractivity contribution >= 4 is 11.9 Å². The first kappa shape index (κ1) is 18.5. The van der Waals surface area contributed by atoms with E-state index >= 15 is 0 Å². The Balaban J connectivity index is 1.34. The molecular formula is C21H27N5O2. The highest BCUT2D eigenvalue weighted by atomic mass is 16.2. The maximum absolute atomic E-state index is 12.5. The van der Waals surface area contributed by atoms with E-state index in [1.807, 2.05) is 33.8 Å². The Morgan fingerprint density at radius 1 is 1.21 bits per heavy atom. The molecule has 1 aliphatic carbocycles. The summed E-state index contributed by atoms with van der Waals surface area (Å²) in [6, 6.07) is 12.2. The maximum atomic E-state index is 12.5. The van der Waals surface area contributed by atoms with Gasteiger partial charge >= 0.3 is 6.03 Å². The van der Waals surface area contributed by atoms with Gasteiger partial charge in [-0.25, -0.2) is 4.79 Å². The van der Waals surface area contributed by atoms with E-state index in [4.69, 9.17) is 0 Å². The van der Waals surface area contributed by atoms with Crippen LogP contribution in [0, 0.1) is 5.92 Å². The van der Waals surface area contributed by atoms with Crippen LogP contribution in [0.15, 0.2) is 36.4 Å². The Labute approximate surface area is 165 Å². The first-order valence-corrected chi connectivity index (χ1v) is 9.87. The summed E-state index contributed by atoms with van der Waals surface area (Å²) in [5.74, 6) is 0.503. The summed E-state index contributed by atoms with van der Waals surface area (Å²) in [4.78, 5) is 28.2. The van der Waals surface area contributed by atoms with E-state index in [0.717, 1.165) is 37.3 Å². The van der Waals surface area contributed by atoms with Gasteiger partial charge in [0.2, 0.25) is 5.91 Å². The van der Waals surface area contributed by atoms with E-state index in [2.05, 4.69) is 22.5 Å². The largest absolute Gasteiger partial charge is 0.350 e. The molecule has 1 fully saturated rings. The molecule has 1 aromatic carbocycles. The molecule has 3 amide bonds. The van der Waals surface area contributed by atoms with Crippen molar-refractivity contribution in [3.63, 3.8) is 0 Å². The monoisotopic (exact) mass is 381 g/mol. The number of benzene rings is 1. The maximum Gasteiger partial charge on any atom is 0.319 e. The number of nitrogens with zero attached hydrogens (tertiary/aromatic N) is 4. The summed E-state index contributed by atoms with van der Waals surface area (Å²) in [5, 5.41) is 7.66. The third kappa shape index (κ3) is 3.88. The molecule has 2 atom stereocenters. The highest BCUT2D eigenvalue weighted by molar-refractivity contribution is 5.82. The van der Waals surface area contributed by atoms with Crippen LogP contribution < -0.4 is 5.32 Å². The lowest BCUT2D eigenvalue weighted by atomic mass is 10.1. The van der Waals surface area contributed by atoms with Crippen LogP contribution >= 0.6 is 0 Å². The molecule has 2 heterocycles. The molecule has 148 valence electrons. The lowest BCUT2D eigenvalue weighted by Gasteiger charge is -2.23. The number of urea groups is 1. The zero-order chi connectivity index (χ0) is 19.7. The molecule has 28 heavy (non-hydrogen) atoms. The number of hydrogen-bond acceptors (Lipinski definition) is 3. The van der Waals surface area contributed by atoms with Crippen LogP contribution in [0.2, 0.25) is 0 Å². The normalized spacial score (nSPS) is 20.9. The molecule has 0 spiro atoms. The van der Waals surface area contributed by atoms with Crippen molar-refractivity contribution in [2.24, 2.45) is 5.92 Å². The molecule has 0 radical (unpaired) electrons. The van der Waals surface area contributed by atoms with Gasteiger partial charge in [0.15, 0.2) is 0 Å². The van der Waals surface area contributed by atoms with E-state index in [9.17, 15) is 9.59 Å². The van der Waals surface area contributed by atoms with Crippen molar-refractivity contribution in [2.45, 2.75) is 38.4 Å². The van der Waals surface area contributed by atoms with E-state index in [0.29, 0.717) is 19.0 Å². The van der Waals surface area contributed by atoms with Crippen LogP contribution in [-0.4, -0.2) is 52.2 Å². The van der Waals surface area contributed by atoms with Gasteiger partial charge in [-0.3, -0.25) is 9.48 Å². The van der Waals surface area contributed by atoms with Crippen molar-refractivity contribution in [3.05, 3.63) is 53.3 Å². The number of rotatable bonds is 4. The molecule has 1 N–H and O–H groups in total. The topological polar surface area (TPSA) is 70.5 Å². The smallest absolute Gasteiger partial charge is 0.319 e. The number of aryl methyl sites for hydroxylation is 1. The number of carbonyl (C=O) groups is 2. The summed E-state index contributed by atoms with van der Waals surface area (Å²) >= 11 is 0. The van der Waals surface area contributed by atoms with Gasteiger partial charge in [0, 0.05) is 33.1 Å². The van der Waals surface area contributed by atoms with E-state index in [1.165, 1.54) is 5.56 Å². The molecule has 2 aliphatic rings. The third-order valence-corrected chi connectivity index (χ3v) is 5.52. The third-order valence-electron chi connectivity index (χ3n) is 5.52. The first-order chi connectivity index (χ1) is 13.5. The van der Waals surface area contributed by atoms with Gasteiger partial charge in [-0.1, -0.05) is 30.3 Å². The SMILES string of the molecule is CN(C)C(=O)N1CCCn2nc(CNC(=O)[C@@H]3C[C@H]3c3ccccc3)cc2C1. The van der Waals surface area contributed by atoms with Crippen LogP contribution in [0.25, 0.3) is 0 Å². The quantitative estimate of drug-likeness (QED) is 0.883. The average Bonchev–Trinajstić information content (AvgIpc) is 3.45. The van der Waals surface area contributed by atoms with Crippen molar-refractivity contribution in [2.75, 3.05) is 20.6 Å². The van der Waals surface area contributed by atoms with Gasteiger partial charge in [-0.15, -0.1) is 0 Å². The Kier molecular flexibility index (Phi) is 5.07. The highest BCUT2D eigenvalue weighted by Gasteiger charge is 2.43. The van der Waals surface area contributed by atoms with Gasteiger partial charge in [0.1, 0.15) is 0 Å². The van der Waals surface area contributed by atoms with Gasteiger partial charge in [-0.2, -0.15) is 5.10 Å². The number of carbonyl (C=O) groups excluding carboxylic acids is 2. The lowest BCUT2D eigenvalue weighted by Crippen LogP contribution is -2.38. The second kappa shape index (κ2) is 7.66. The van der Waals surface area contributed by atoms with Gasteiger partial charge in [-0.05, 0) is 30.4 Å². The molecule has 1 aromatic heterocycles. The number of fused-ring (bicyclic) bond motifs is 1. The molecule has 1 saturated carbocycles. The molecule has 0 unspecified atom stereocenters. The van der Waals surface area contributed by atoms with Gasteiger partial charge in [0.25, 0.3) is 0 Å². The van der Waals surface area contributed by atoms with E-state index < -0.39 is 0 Å². The fourth-order valence-electron chi connectivity index (χ4n) is 3.92. The van der Waals surface area contributed by atoms with Crippen LogP contribution in [0.1, 0.15) is 35.7 Å². The predicted molar refractivity (Wildman–Crippen MR) is 105 cm³/mol. The minimum atomic E-state index is 0.0187. The van der Waals surface area contributed by atoms with Crippen LogP contribution in [0.4, 0.5) is 4.79 Å². The van der Waals surface area contributed by atoms with Crippen molar-refractivity contribution in [3.8, 4) is 0 Å². The summed E-state index contributed by atoms with van der Waals surface area (Å²) in [6.45, 7) is 2.50. The summed E-state index contributed by atoms with van der Waals surface area (Å²) < 4.78 is 1.97. The van der Waals surface area contributed by atoms with Gasteiger partial charge < -0.3 is 15.1 Å². The summed E-state index contributed by atoms with van der Waals surface area (Å²) in [6.07, 6.45) is 1.79. The van der Waals surface area contributed by atoms with Crippen molar-refractivity contribution in [1.82, 2.24) is 24.9 Å². The highest BCUT2D eigenvalue weighted by Crippen LogP contribution is 2.47. The zero-order valence-electron chi connectivity index (χ0n) is 16.5. The van der Waals surface area contributed by atoms with Crippen LogP contribution in [-0.2, 0) is 24.4 Å². The van der Waals surface area contributed by atoms with Crippen molar-refractivity contribution in [1.29, 1.82) is 0 Å². The minimum Gasteiger partial charge on any atom is -0.350 e. The molecule has 7 nitrogen and oxygen atoms in total. The number of nitrogens with one attached hydrogen (secondary N) is 1. The van der Waals surface area contributed by atoms with Gasteiger partial charge in [0.05, 0.1) is 24.5 Å². The van der Waals surface area contributed by atoms with E-state index in [-0.39, 0.29) is 17.9 Å².